The van der Waals surface area contributed by atoms with Crippen molar-refractivity contribution in [2.75, 3.05) is 24.6 Å². The summed E-state index contributed by atoms with van der Waals surface area (Å²) >= 11 is 0. The number of hydrogen-bond acceptors (Lipinski definition) is 7. The summed E-state index contributed by atoms with van der Waals surface area (Å²) in [7, 11) is 0. The number of aromatic nitrogens is 4. The third-order valence-electron chi connectivity index (χ3n) is 5.31. The van der Waals surface area contributed by atoms with Crippen LogP contribution in [0.5, 0.6) is 0 Å². The molecule has 0 bridgehead atoms. The lowest BCUT2D eigenvalue weighted by Gasteiger charge is -2.33. The van der Waals surface area contributed by atoms with E-state index in [0.717, 1.165) is 48.8 Å². The van der Waals surface area contributed by atoms with Crippen molar-refractivity contribution in [2.45, 2.75) is 58.1 Å². The van der Waals surface area contributed by atoms with Gasteiger partial charge in [0.05, 0.1) is 24.5 Å². The first kappa shape index (κ1) is 19.7. The van der Waals surface area contributed by atoms with Crippen LogP contribution in [-0.4, -0.2) is 51.6 Å². The summed E-state index contributed by atoms with van der Waals surface area (Å²) in [5.74, 6) is 1.33. The SMILES string of the molecule is CC(C)(C)c1ncc(C(=O)NC2CCCN(c3ncc4c(n3)CCOC4)C2)cn1. The minimum Gasteiger partial charge on any atom is -0.376 e. The Hall–Kier alpha value is -2.61. The second kappa shape index (κ2) is 8.02. The molecule has 0 aromatic carbocycles. The van der Waals surface area contributed by atoms with Crippen LogP contribution < -0.4 is 10.2 Å². The van der Waals surface area contributed by atoms with Gasteiger partial charge in [0.1, 0.15) is 5.82 Å². The summed E-state index contributed by atoms with van der Waals surface area (Å²) < 4.78 is 5.46. The first-order valence-electron chi connectivity index (χ1n) is 10.2. The van der Waals surface area contributed by atoms with E-state index in [0.29, 0.717) is 25.3 Å². The van der Waals surface area contributed by atoms with Gasteiger partial charge < -0.3 is 15.0 Å². The van der Waals surface area contributed by atoms with E-state index in [1.807, 2.05) is 6.20 Å². The molecule has 1 saturated heterocycles. The van der Waals surface area contributed by atoms with Crippen molar-refractivity contribution < 1.29 is 9.53 Å². The Kier molecular flexibility index (Phi) is 5.45. The van der Waals surface area contributed by atoms with Gasteiger partial charge >= 0.3 is 0 Å². The average Bonchev–Trinajstić information content (AvgIpc) is 2.73. The summed E-state index contributed by atoms with van der Waals surface area (Å²) in [6.45, 7) is 9.03. The molecule has 1 fully saturated rings. The second-order valence-corrected chi connectivity index (χ2v) is 8.75. The molecule has 1 atom stereocenters. The van der Waals surface area contributed by atoms with E-state index < -0.39 is 0 Å². The Balaban J connectivity index is 1.40. The molecule has 0 spiro atoms. The lowest BCUT2D eigenvalue weighted by molar-refractivity contribution is 0.0932. The van der Waals surface area contributed by atoms with E-state index in [9.17, 15) is 4.79 Å². The van der Waals surface area contributed by atoms with Gasteiger partial charge in [0.2, 0.25) is 5.95 Å². The van der Waals surface area contributed by atoms with Gasteiger partial charge in [-0.1, -0.05) is 20.8 Å². The van der Waals surface area contributed by atoms with Gasteiger partial charge in [-0.05, 0) is 12.8 Å². The van der Waals surface area contributed by atoms with Crippen LogP contribution in [0.3, 0.4) is 0 Å². The number of carbonyl (C=O) groups excluding carboxylic acids is 1. The fourth-order valence-corrected chi connectivity index (χ4v) is 3.65. The van der Waals surface area contributed by atoms with Gasteiger partial charge in [-0.25, -0.2) is 19.9 Å². The van der Waals surface area contributed by atoms with Crippen molar-refractivity contribution in [3.8, 4) is 0 Å². The topological polar surface area (TPSA) is 93.1 Å². The van der Waals surface area contributed by atoms with E-state index in [1.54, 1.807) is 12.4 Å². The summed E-state index contributed by atoms with van der Waals surface area (Å²) in [6.07, 6.45) is 7.82. The Morgan fingerprint density at radius 1 is 1.21 bits per heavy atom. The largest absolute Gasteiger partial charge is 0.376 e. The van der Waals surface area contributed by atoms with Crippen molar-refractivity contribution >= 4 is 11.9 Å². The Labute approximate surface area is 171 Å². The first-order valence-corrected chi connectivity index (χ1v) is 10.2. The molecule has 4 rings (SSSR count). The van der Waals surface area contributed by atoms with Crippen molar-refractivity contribution in [1.82, 2.24) is 25.3 Å². The molecule has 2 aromatic rings. The van der Waals surface area contributed by atoms with Crippen LogP contribution in [-0.2, 0) is 23.2 Å². The van der Waals surface area contributed by atoms with E-state index in [-0.39, 0.29) is 17.4 Å². The normalized spacial score (nSPS) is 19.6. The van der Waals surface area contributed by atoms with Gasteiger partial charge in [0.25, 0.3) is 5.91 Å². The molecule has 8 nitrogen and oxygen atoms in total. The van der Waals surface area contributed by atoms with Crippen LogP contribution in [0.15, 0.2) is 18.6 Å². The molecular weight excluding hydrogens is 368 g/mol. The second-order valence-electron chi connectivity index (χ2n) is 8.75. The number of piperidine rings is 1. The number of fused-ring (bicyclic) bond motifs is 1. The molecule has 0 saturated carbocycles. The number of ether oxygens (including phenoxy) is 1. The molecule has 2 aromatic heterocycles. The van der Waals surface area contributed by atoms with Crippen molar-refractivity contribution in [3.63, 3.8) is 0 Å². The minimum atomic E-state index is -0.139. The number of nitrogens with zero attached hydrogens (tertiary/aromatic N) is 5. The molecule has 29 heavy (non-hydrogen) atoms. The summed E-state index contributed by atoms with van der Waals surface area (Å²) in [5, 5.41) is 3.12. The minimum absolute atomic E-state index is 0.0431. The maximum absolute atomic E-state index is 12.7. The first-order chi connectivity index (χ1) is 13.9. The molecule has 154 valence electrons. The van der Waals surface area contributed by atoms with E-state index in [1.165, 1.54) is 0 Å². The van der Waals surface area contributed by atoms with E-state index in [2.05, 4.69) is 45.9 Å². The molecule has 0 radical (unpaired) electrons. The highest BCUT2D eigenvalue weighted by Crippen LogP contribution is 2.21. The zero-order valence-electron chi connectivity index (χ0n) is 17.3. The quantitative estimate of drug-likeness (QED) is 0.848. The maximum atomic E-state index is 12.7. The zero-order valence-corrected chi connectivity index (χ0v) is 17.3. The lowest BCUT2D eigenvalue weighted by Crippen LogP contribution is -2.48. The fraction of sp³-hybridized carbons (Fsp3) is 0.571. The third kappa shape index (κ3) is 4.53. The molecule has 4 heterocycles. The monoisotopic (exact) mass is 396 g/mol. The van der Waals surface area contributed by atoms with Crippen LogP contribution in [0.25, 0.3) is 0 Å². The predicted octanol–water partition coefficient (Wildman–Crippen LogP) is 2.04. The Morgan fingerprint density at radius 2 is 2.00 bits per heavy atom. The predicted molar refractivity (Wildman–Crippen MR) is 109 cm³/mol. The van der Waals surface area contributed by atoms with Crippen LogP contribution in [0, 0.1) is 0 Å². The van der Waals surface area contributed by atoms with E-state index >= 15 is 0 Å². The highest BCUT2D eigenvalue weighted by Gasteiger charge is 2.25. The van der Waals surface area contributed by atoms with Crippen LogP contribution in [0.4, 0.5) is 5.95 Å². The summed E-state index contributed by atoms with van der Waals surface area (Å²) in [5.41, 5.74) is 2.49. The van der Waals surface area contributed by atoms with E-state index in [4.69, 9.17) is 9.72 Å². The molecular formula is C21H28N6O2. The number of nitrogens with one attached hydrogen (secondary N) is 1. The molecule has 0 aliphatic carbocycles. The van der Waals surface area contributed by atoms with Crippen LogP contribution in [0.2, 0.25) is 0 Å². The molecule has 2 aliphatic rings. The Bertz CT molecular complexity index is 878. The molecule has 2 aliphatic heterocycles. The van der Waals surface area contributed by atoms with Gasteiger partial charge in [0.15, 0.2) is 0 Å². The molecule has 1 unspecified atom stereocenters. The van der Waals surface area contributed by atoms with Gasteiger partial charge in [-0.3, -0.25) is 4.79 Å². The smallest absolute Gasteiger partial charge is 0.254 e. The third-order valence-corrected chi connectivity index (χ3v) is 5.31. The number of amides is 1. The van der Waals surface area contributed by atoms with Crippen molar-refractivity contribution in [2.24, 2.45) is 0 Å². The Morgan fingerprint density at radius 3 is 2.76 bits per heavy atom. The van der Waals surface area contributed by atoms with Crippen LogP contribution in [0.1, 0.15) is 61.1 Å². The van der Waals surface area contributed by atoms with Crippen molar-refractivity contribution in [3.05, 3.63) is 41.2 Å². The molecule has 1 amide bonds. The number of rotatable bonds is 3. The standard InChI is InChI=1S/C21H28N6O2/c1-21(2,3)19-22-9-14(10-23-19)18(28)25-16-5-4-7-27(12-16)20-24-11-15-13-29-8-6-17(15)26-20/h9-11,16H,4-8,12-13H2,1-3H3,(H,25,28). The average molecular weight is 396 g/mol. The summed E-state index contributed by atoms with van der Waals surface area (Å²) in [4.78, 5) is 32.8. The van der Waals surface area contributed by atoms with Gasteiger partial charge in [0, 0.05) is 55.1 Å². The highest BCUT2D eigenvalue weighted by atomic mass is 16.5. The lowest BCUT2D eigenvalue weighted by atomic mass is 9.96. The summed E-state index contributed by atoms with van der Waals surface area (Å²) in [6, 6.07) is 0.0431. The number of anilines is 1. The van der Waals surface area contributed by atoms with Gasteiger partial charge in [-0.15, -0.1) is 0 Å². The molecule has 8 heteroatoms. The maximum Gasteiger partial charge on any atom is 0.254 e. The zero-order chi connectivity index (χ0) is 20.4. The van der Waals surface area contributed by atoms with Gasteiger partial charge in [-0.2, -0.15) is 0 Å². The van der Waals surface area contributed by atoms with Crippen LogP contribution >= 0.6 is 0 Å². The highest BCUT2D eigenvalue weighted by molar-refractivity contribution is 5.93. The van der Waals surface area contributed by atoms with Crippen molar-refractivity contribution in [1.29, 1.82) is 0 Å². The molecule has 1 N–H and O–H groups in total. The number of carbonyl (C=O) groups is 1. The fourth-order valence-electron chi connectivity index (χ4n) is 3.65. The number of hydrogen-bond donors (Lipinski definition) is 1.